The van der Waals surface area contributed by atoms with Gasteiger partial charge in [-0.15, -0.1) is 0 Å². The zero-order valence-electron chi connectivity index (χ0n) is 14.0. The molecule has 1 N–H and O–H groups in total. The summed E-state index contributed by atoms with van der Waals surface area (Å²) in [6.07, 6.45) is 1.28. The van der Waals surface area contributed by atoms with Crippen molar-refractivity contribution in [3.63, 3.8) is 0 Å². The van der Waals surface area contributed by atoms with Crippen LogP contribution in [0.4, 0.5) is 0 Å². The number of carboxylic acids is 1. The fourth-order valence-electron chi connectivity index (χ4n) is 2.73. The van der Waals surface area contributed by atoms with Crippen LogP contribution in [0.15, 0.2) is 42.5 Å². The summed E-state index contributed by atoms with van der Waals surface area (Å²) in [6.45, 7) is 6.50. The van der Waals surface area contributed by atoms with Crippen LogP contribution in [0.2, 0.25) is 0 Å². The van der Waals surface area contributed by atoms with Gasteiger partial charge in [-0.3, -0.25) is 4.79 Å². The smallest absolute Gasteiger partial charge is 0.310 e. The molecule has 3 nitrogen and oxygen atoms in total. The Labute approximate surface area is 137 Å². The van der Waals surface area contributed by atoms with E-state index in [0.717, 1.165) is 28.0 Å². The molecular formula is C20H24O3. The zero-order valence-corrected chi connectivity index (χ0v) is 14.0. The maximum absolute atomic E-state index is 11.6. The van der Waals surface area contributed by atoms with Crippen LogP contribution >= 0.6 is 0 Å². The molecule has 0 aliphatic heterocycles. The van der Waals surface area contributed by atoms with Crippen LogP contribution in [0.25, 0.3) is 0 Å². The first kappa shape index (κ1) is 17.1. The first-order valence-corrected chi connectivity index (χ1v) is 7.97. The highest BCUT2D eigenvalue weighted by molar-refractivity contribution is 5.76. The Hall–Kier alpha value is -2.29. The van der Waals surface area contributed by atoms with Gasteiger partial charge in [0.15, 0.2) is 0 Å². The van der Waals surface area contributed by atoms with Gasteiger partial charge in [0, 0.05) is 0 Å². The van der Waals surface area contributed by atoms with E-state index in [9.17, 15) is 9.90 Å². The molecule has 0 bridgehead atoms. The molecule has 0 saturated heterocycles. The van der Waals surface area contributed by atoms with Crippen molar-refractivity contribution in [2.45, 2.75) is 39.5 Å². The highest BCUT2D eigenvalue weighted by Crippen LogP contribution is 2.26. The third-order valence-corrected chi connectivity index (χ3v) is 4.00. The number of carboxylic acid groups (broad SMARTS) is 1. The van der Waals surface area contributed by atoms with Crippen LogP contribution in [0.1, 0.15) is 41.0 Å². The van der Waals surface area contributed by atoms with Crippen LogP contribution in [0.3, 0.4) is 0 Å². The predicted octanol–water partition coefficient (Wildman–Crippen LogP) is 4.64. The Balaban J connectivity index is 1.95. The molecule has 1 unspecified atom stereocenters. The first-order chi connectivity index (χ1) is 11.0. The second kappa shape index (κ2) is 7.82. The molecule has 2 aromatic rings. The lowest BCUT2D eigenvalue weighted by atomic mass is 9.90. The maximum Gasteiger partial charge on any atom is 0.310 e. The second-order valence-corrected chi connectivity index (χ2v) is 6.06. The zero-order chi connectivity index (χ0) is 16.8. The molecule has 0 spiro atoms. The van der Waals surface area contributed by atoms with Crippen LogP contribution < -0.4 is 4.74 Å². The Morgan fingerprint density at radius 1 is 1.09 bits per heavy atom. The minimum absolute atomic E-state index is 0.476. The molecule has 2 aromatic carbocycles. The van der Waals surface area contributed by atoms with Gasteiger partial charge >= 0.3 is 5.97 Å². The summed E-state index contributed by atoms with van der Waals surface area (Å²) in [5, 5.41) is 9.55. The van der Waals surface area contributed by atoms with E-state index in [-0.39, 0.29) is 0 Å². The normalized spacial score (nSPS) is 12.0. The van der Waals surface area contributed by atoms with Crippen molar-refractivity contribution >= 4 is 5.97 Å². The van der Waals surface area contributed by atoms with Gasteiger partial charge in [-0.2, -0.15) is 0 Å². The summed E-state index contributed by atoms with van der Waals surface area (Å²) >= 11 is 0. The second-order valence-electron chi connectivity index (χ2n) is 6.06. The molecule has 0 fully saturated rings. The monoisotopic (exact) mass is 312 g/mol. The molecule has 3 heteroatoms. The largest absolute Gasteiger partial charge is 0.494 e. The molecule has 0 heterocycles. The fourth-order valence-corrected chi connectivity index (χ4v) is 2.73. The molecule has 0 aliphatic rings. The van der Waals surface area contributed by atoms with Gasteiger partial charge in [0.05, 0.1) is 12.5 Å². The van der Waals surface area contributed by atoms with Crippen LogP contribution in [0, 0.1) is 20.8 Å². The minimum atomic E-state index is -0.769. The van der Waals surface area contributed by atoms with Gasteiger partial charge in [0.25, 0.3) is 0 Å². The predicted molar refractivity (Wildman–Crippen MR) is 92.2 cm³/mol. The first-order valence-electron chi connectivity index (χ1n) is 7.97. The average molecular weight is 312 g/mol. The molecule has 0 radical (unpaired) electrons. The van der Waals surface area contributed by atoms with Gasteiger partial charge in [-0.05, 0) is 62.4 Å². The molecule has 0 aliphatic carbocycles. The van der Waals surface area contributed by atoms with Crippen molar-refractivity contribution in [2.24, 2.45) is 0 Å². The van der Waals surface area contributed by atoms with Gasteiger partial charge in [-0.25, -0.2) is 0 Å². The highest BCUT2D eigenvalue weighted by Gasteiger charge is 2.21. The summed E-state index contributed by atoms with van der Waals surface area (Å²) in [5.41, 5.74) is 4.19. The van der Waals surface area contributed by atoms with Gasteiger partial charge < -0.3 is 9.84 Å². The Morgan fingerprint density at radius 2 is 1.83 bits per heavy atom. The molecule has 0 saturated carbocycles. The number of aliphatic carboxylic acids is 1. The number of benzene rings is 2. The molecule has 23 heavy (non-hydrogen) atoms. The van der Waals surface area contributed by atoms with Crippen molar-refractivity contribution in [1.29, 1.82) is 0 Å². The fraction of sp³-hybridized carbons (Fsp3) is 0.350. The lowest BCUT2D eigenvalue weighted by Gasteiger charge is -2.16. The van der Waals surface area contributed by atoms with Crippen molar-refractivity contribution in [3.8, 4) is 5.75 Å². The number of carbonyl (C=O) groups is 1. The molecule has 122 valence electrons. The molecule has 0 aromatic heterocycles. The Kier molecular flexibility index (Phi) is 5.80. The number of ether oxygens (including phenoxy) is 1. The van der Waals surface area contributed by atoms with E-state index in [1.807, 2.05) is 63.2 Å². The average Bonchev–Trinajstić information content (AvgIpc) is 2.50. The van der Waals surface area contributed by atoms with E-state index in [1.54, 1.807) is 0 Å². The summed E-state index contributed by atoms with van der Waals surface area (Å²) in [7, 11) is 0. The lowest BCUT2D eigenvalue weighted by molar-refractivity contribution is -0.139. The van der Waals surface area contributed by atoms with Crippen molar-refractivity contribution in [1.82, 2.24) is 0 Å². The third kappa shape index (κ3) is 4.85. The van der Waals surface area contributed by atoms with Crippen LogP contribution in [-0.4, -0.2) is 17.7 Å². The van der Waals surface area contributed by atoms with E-state index in [4.69, 9.17) is 4.74 Å². The van der Waals surface area contributed by atoms with Gasteiger partial charge in [0.2, 0.25) is 0 Å². The van der Waals surface area contributed by atoms with Crippen LogP contribution in [-0.2, 0) is 4.79 Å². The number of aryl methyl sites for hydroxylation is 3. The van der Waals surface area contributed by atoms with Crippen LogP contribution in [0.5, 0.6) is 5.75 Å². The topological polar surface area (TPSA) is 46.5 Å². The Morgan fingerprint density at radius 3 is 2.52 bits per heavy atom. The van der Waals surface area contributed by atoms with Gasteiger partial charge in [-0.1, -0.05) is 35.9 Å². The molecule has 0 amide bonds. The van der Waals surface area contributed by atoms with E-state index in [2.05, 4.69) is 0 Å². The summed E-state index contributed by atoms with van der Waals surface area (Å²) in [6, 6.07) is 13.9. The summed E-state index contributed by atoms with van der Waals surface area (Å²) < 4.78 is 5.71. The quantitative estimate of drug-likeness (QED) is 0.758. The maximum atomic E-state index is 11.6. The number of hydrogen-bond donors (Lipinski definition) is 1. The van der Waals surface area contributed by atoms with Gasteiger partial charge in [0.1, 0.15) is 5.75 Å². The van der Waals surface area contributed by atoms with Crippen molar-refractivity contribution in [3.05, 3.63) is 64.7 Å². The van der Waals surface area contributed by atoms with E-state index >= 15 is 0 Å². The summed E-state index contributed by atoms with van der Waals surface area (Å²) in [5.74, 6) is -0.408. The Bertz CT molecular complexity index is 676. The van der Waals surface area contributed by atoms with E-state index < -0.39 is 11.9 Å². The lowest BCUT2D eigenvalue weighted by Crippen LogP contribution is -2.14. The van der Waals surface area contributed by atoms with E-state index in [1.165, 1.54) is 0 Å². The van der Waals surface area contributed by atoms with Crippen molar-refractivity contribution < 1.29 is 14.6 Å². The van der Waals surface area contributed by atoms with Crippen molar-refractivity contribution in [2.75, 3.05) is 6.61 Å². The standard InChI is InChI=1S/C20H24O3/c1-14-6-4-7-17(12-14)23-11-5-8-18(20(21)22)19-13-15(2)9-10-16(19)3/h4,6-7,9-10,12-13,18H,5,8,11H2,1-3H3,(H,21,22). The highest BCUT2D eigenvalue weighted by atomic mass is 16.5. The summed E-state index contributed by atoms with van der Waals surface area (Å²) in [4.78, 5) is 11.6. The number of hydrogen-bond acceptors (Lipinski definition) is 2. The van der Waals surface area contributed by atoms with E-state index in [0.29, 0.717) is 19.4 Å². The number of rotatable bonds is 7. The minimum Gasteiger partial charge on any atom is -0.494 e. The molecule has 1 atom stereocenters. The third-order valence-electron chi connectivity index (χ3n) is 4.00. The molecule has 2 rings (SSSR count). The molecular weight excluding hydrogens is 288 g/mol. The SMILES string of the molecule is Cc1cccc(OCCCC(C(=O)O)c2cc(C)ccc2C)c1.